The minimum absolute atomic E-state index is 0.214. The van der Waals surface area contributed by atoms with Crippen molar-refractivity contribution in [2.24, 2.45) is 11.8 Å². The van der Waals surface area contributed by atoms with E-state index < -0.39 is 5.97 Å². The van der Waals surface area contributed by atoms with Crippen LogP contribution >= 0.6 is 0 Å². The summed E-state index contributed by atoms with van der Waals surface area (Å²) in [5.74, 6) is 7.52. The van der Waals surface area contributed by atoms with Gasteiger partial charge in [-0.25, -0.2) is 4.98 Å². The number of nitrogens with zero attached hydrogens (tertiary/aromatic N) is 3. The van der Waals surface area contributed by atoms with E-state index in [2.05, 4.69) is 38.8 Å². The Morgan fingerprint density at radius 2 is 2.15 bits per heavy atom. The normalized spacial score (nSPS) is 18.4. The zero-order valence-electron chi connectivity index (χ0n) is 19.6. The largest absolute Gasteiger partial charge is 0.497 e. The number of fused-ring (bicyclic) bond motifs is 1. The summed E-state index contributed by atoms with van der Waals surface area (Å²) < 4.78 is 10.6. The number of benzene rings is 1. The Morgan fingerprint density at radius 1 is 1.24 bits per heavy atom. The van der Waals surface area contributed by atoms with Crippen LogP contribution < -0.4 is 4.74 Å². The van der Waals surface area contributed by atoms with E-state index in [0.717, 1.165) is 55.4 Å². The lowest BCUT2D eigenvalue weighted by Gasteiger charge is -2.38. The van der Waals surface area contributed by atoms with Crippen LogP contribution in [0.5, 0.6) is 5.75 Å². The molecule has 4 rings (SSSR count). The highest BCUT2D eigenvalue weighted by Gasteiger charge is 2.29. The molecule has 1 N–H and O–H groups in total. The Hall–Kier alpha value is -3.37. The third-order valence-corrected chi connectivity index (χ3v) is 6.69. The first-order valence-electron chi connectivity index (χ1n) is 11.9. The SMILES string of the molecule is COc1ccc2nccc(CCCC3CCN(CC#Cc4ncco4)CC3CCC(=O)O)c2c1. The van der Waals surface area contributed by atoms with Crippen LogP contribution in [0.4, 0.5) is 0 Å². The first-order chi connectivity index (χ1) is 16.6. The minimum atomic E-state index is -0.725. The molecule has 1 aliphatic heterocycles. The Balaban J connectivity index is 1.35. The quantitative estimate of drug-likeness (QED) is 0.472. The molecule has 3 heterocycles. The van der Waals surface area contributed by atoms with Crippen LogP contribution in [0.25, 0.3) is 10.9 Å². The highest BCUT2D eigenvalue weighted by molar-refractivity contribution is 5.83. The van der Waals surface area contributed by atoms with E-state index in [9.17, 15) is 9.90 Å². The smallest absolute Gasteiger partial charge is 0.303 e. The van der Waals surface area contributed by atoms with Gasteiger partial charge in [-0.05, 0) is 86.2 Å². The van der Waals surface area contributed by atoms with Crippen LogP contribution in [0.2, 0.25) is 0 Å². The summed E-state index contributed by atoms with van der Waals surface area (Å²) >= 11 is 0. The van der Waals surface area contributed by atoms with Gasteiger partial charge in [0.25, 0.3) is 5.89 Å². The molecular weight excluding hydrogens is 430 g/mol. The maximum Gasteiger partial charge on any atom is 0.303 e. The number of aryl methyl sites for hydroxylation is 1. The van der Waals surface area contributed by atoms with E-state index in [1.54, 1.807) is 13.3 Å². The number of aromatic nitrogens is 2. The van der Waals surface area contributed by atoms with Crippen LogP contribution in [0.1, 0.15) is 43.6 Å². The van der Waals surface area contributed by atoms with Crippen molar-refractivity contribution in [2.45, 2.75) is 38.5 Å². The van der Waals surface area contributed by atoms with E-state index >= 15 is 0 Å². The first-order valence-corrected chi connectivity index (χ1v) is 11.9. The Kier molecular flexibility index (Phi) is 8.16. The van der Waals surface area contributed by atoms with Crippen LogP contribution in [-0.2, 0) is 11.2 Å². The van der Waals surface area contributed by atoms with Crippen LogP contribution in [-0.4, -0.2) is 52.7 Å². The molecule has 2 atom stereocenters. The molecule has 0 aliphatic carbocycles. The number of likely N-dealkylation sites (tertiary alicyclic amines) is 1. The summed E-state index contributed by atoms with van der Waals surface area (Å²) in [6.45, 7) is 2.50. The number of rotatable bonds is 9. The second-order valence-electron chi connectivity index (χ2n) is 8.86. The highest BCUT2D eigenvalue weighted by atomic mass is 16.5. The van der Waals surface area contributed by atoms with Crippen LogP contribution in [0.15, 0.2) is 47.3 Å². The number of hydrogen-bond acceptors (Lipinski definition) is 6. The molecule has 0 spiro atoms. The van der Waals surface area contributed by atoms with Gasteiger partial charge in [-0.1, -0.05) is 5.92 Å². The van der Waals surface area contributed by atoms with E-state index in [1.807, 2.05) is 18.3 Å². The topological polar surface area (TPSA) is 88.7 Å². The minimum Gasteiger partial charge on any atom is -0.497 e. The number of oxazole rings is 1. The van der Waals surface area contributed by atoms with Gasteiger partial charge in [-0.3, -0.25) is 14.7 Å². The third kappa shape index (κ3) is 6.36. The molecule has 178 valence electrons. The van der Waals surface area contributed by atoms with Crippen molar-refractivity contribution in [3.8, 4) is 17.6 Å². The second-order valence-corrected chi connectivity index (χ2v) is 8.86. The molecule has 1 saturated heterocycles. The molecule has 0 bridgehead atoms. The number of carbonyl (C=O) groups is 1. The summed E-state index contributed by atoms with van der Waals surface area (Å²) in [5.41, 5.74) is 2.27. The van der Waals surface area contributed by atoms with Gasteiger partial charge in [0.2, 0.25) is 0 Å². The van der Waals surface area contributed by atoms with Gasteiger partial charge in [0.05, 0.1) is 25.4 Å². The Labute approximate surface area is 200 Å². The molecule has 2 aromatic heterocycles. The number of pyridine rings is 1. The zero-order chi connectivity index (χ0) is 23.8. The number of carboxylic acids is 1. The standard InChI is InChI=1S/C27H31N3O4/c1-33-23-8-9-25-24(18-23)21(11-13-28-25)5-2-4-20-12-16-30(19-22(20)7-10-27(31)32)15-3-6-26-29-14-17-34-26/h8-9,11,13-14,17-18,20,22H,2,4-5,7,10,12,15-16,19H2,1H3,(H,31,32). The zero-order valence-corrected chi connectivity index (χ0v) is 19.6. The molecule has 0 amide bonds. The lowest BCUT2D eigenvalue weighted by Crippen LogP contribution is -2.41. The van der Waals surface area contributed by atoms with Crippen molar-refractivity contribution >= 4 is 16.9 Å². The summed E-state index contributed by atoms with van der Waals surface area (Å²) in [4.78, 5) is 22.1. The fourth-order valence-corrected chi connectivity index (χ4v) is 4.91. The number of hydrogen-bond donors (Lipinski definition) is 1. The van der Waals surface area contributed by atoms with Gasteiger partial charge in [0.1, 0.15) is 12.0 Å². The predicted octanol–water partition coefficient (Wildman–Crippen LogP) is 4.41. The molecule has 34 heavy (non-hydrogen) atoms. The van der Waals surface area contributed by atoms with Crippen molar-refractivity contribution < 1.29 is 19.1 Å². The first kappa shape index (κ1) is 23.8. The summed E-state index contributed by atoms with van der Waals surface area (Å²) in [5, 5.41) is 10.4. The lowest BCUT2D eigenvalue weighted by molar-refractivity contribution is -0.137. The summed E-state index contributed by atoms with van der Waals surface area (Å²) in [7, 11) is 1.68. The van der Waals surface area contributed by atoms with E-state index in [4.69, 9.17) is 9.15 Å². The molecule has 0 radical (unpaired) electrons. The second kappa shape index (κ2) is 11.7. The van der Waals surface area contributed by atoms with E-state index in [0.29, 0.717) is 30.7 Å². The fraction of sp³-hybridized carbons (Fsp3) is 0.444. The Morgan fingerprint density at radius 3 is 2.94 bits per heavy atom. The van der Waals surface area contributed by atoms with Crippen molar-refractivity contribution in [1.29, 1.82) is 0 Å². The van der Waals surface area contributed by atoms with Crippen molar-refractivity contribution in [1.82, 2.24) is 14.9 Å². The maximum absolute atomic E-state index is 11.2. The van der Waals surface area contributed by atoms with Crippen molar-refractivity contribution in [2.75, 3.05) is 26.7 Å². The van der Waals surface area contributed by atoms with E-state index in [1.165, 1.54) is 11.8 Å². The number of aliphatic carboxylic acids is 1. The molecule has 7 nitrogen and oxygen atoms in total. The molecule has 1 aromatic carbocycles. The number of methoxy groups -OCH3 is 1. The summed E-state index contributed by atoms with van der Waals surface area (Å²) in [6.07, 6.45) is 10.1. The van der Waals surface area contributed by atoms with E-state index in [-0.39, 0.29) is 6.42 Å². The Bertz CT molecular complexity index is 1150. The maximum atomic E-state index is 11.2. The fourth-order valence-electron chi connectivity index (χ4n) is 4.91. The van der Waals surface area contributed by atoms with Crippen LogP contribution in [0, 0.1) is 23.7 Å². The van der Waals surface area contributed by atoms with Gasteiger partial charge < -0.3 is 14.3 Å². The molecule has 1 fully saturated rings. The van der Waals surface area contributed by atoms with Gasteiger partial charge >= 0.3 is 5.97 Å². The van der Waals surface area contributed by atoms with Gasteiger partial charge in [-0.2, -0.15) is 0 Å². The highest BCUT2D eigenvalue weighted by Crippen LogP contribution is 2.32. The molecule has 3 aromatic rings. The monoisotopic (exact) mass is 461 g/mol. The molecule has 0 saturated carbocycles. The molecule has 7 heteroatoms. The number of piperidine rings is 1. The van der Waals surface area contributed by atoms with Crippen LogP contribution in [0.3, 0.4) is 0 Å². The number of carboxylic acid groups (broad SMARTS) is 1. The average molecular weight is 462 g/mol. The lowest BCUT2D eigenvalue weighted by atomic mass is 9.79. The average Bonchev–Trinajstić information content (AvgIpc) is 3.37. The molecule has 1 aliphatic rings. The van der Waals surface area contributed by atoms with Crippen molar-refractivity contribution in [3.05, 3.63) is 54.4 Å². The molecule has 2 unspecified atom stereocenters. The van der Waals surface area contributed by atoms with Gasteiger partial charge in [0, 0.05) is 24.5 Å². The van der Waals surface area contributed by atoms with Crippen molar-refractivity contribution in [3.63, 3.8) is 0 Å². The predicted molar refractivity (Wildman–Crippen MR) is 130 cm³/mol. The van der Waals surface area contributed by atoms with Gasteiger partial charge in [0.15, 0.2) is 0 Å². The molecular formula is C27H31N3O4. The number of ether oxygens (including phenoxy) is 1. The third-order valence-electron chi connectivity index (χ3n) is 6.69. The van der Waals surface area contributed by atoms with Gasteiger partial charge in [-0.15, -0.1) is 0 Å². The summed E-state index contributed by atoms with van der Waals surface area (Å²) in [6, 6.07) is 8.10.